The fraction of sp³-hybridized carbons (Fsp3) is 0.0233. The smallest absolute Gasteiger partial charge is 0.00198 e. The molecule has 0 unspecified atom stereocenters. The highest BCUT2D eigenvalue weighted by Gasteiger charge is 2.20. The molecule has 0 radical (unpaired) electrons. The van der Waals surface area contributed by atoms with Crippen LogP contribution in [0.5, 0.6) is 0 Å². The van der Waals surface area contributed by atoms with Gasteiger partial charge in [-0.05, 0) is 102 Å². The Balaban J connectivity index is 1.50. The molecule has 0 bridgehead atoms. The monoisotopic (exact) mass is 546 g/mol. The van der Waals surface area contributed by atoms with Crippen LogP contribution in [-0.4, -0.2) is 0 Å². The van der Waals surface area contributed by atoms with Crippen molar-refractivity contribution >= 4 is 32.3 Å². The first-order chi connectivity index (χ1) is 21.2. The molecular weight excluding hydrogens is 516 g/mol. The number of hydrogen-bond donors (Lipinski definition) is 0. The summed E-state index contributed by atoms with van der Waals surface area (Å²) in [6.45, 7) is 2.20. The maximum atomic E-state index is 2.40. The number of hydrogen-bond acceptors (Lipinski definition) is 0. The molecule has 8 aromatic rings. The zero-order valence-electron chi connectivity index (χ0n) is 24.1. The summed E-state index contributed by atoms with van der Waals surface area (Å²) in [5, 5.41) is 7.60. The number of benzene rings is 8. The zero-order chi connectivity index (χ0) is 28.8. The SMILES string of the molecule is Cc1ccc2c(-c3cccc(-c4ccccc4)c3)c3ccccc3c(-c3cc4ccccc4cc3-c3ccccc3)c2c1. The molecule has 202 valence electrons. The largest absolute Gasteiger partial charge is 0.0622 e. The third-order valence-corrected chi connectivity index (χ3v) is 8.68. The van der Waals surface area contributed by atoms with Crippen LogP contribution in [-0.2, 0) is 0 Å². The van der Waals surface area contributed by atoms with Gasteiger partial charge in [-0.2, -0.15) is 0 Å². The molecule has 8 rings (SSSR count). The molecule has 43 heavy (non-hydrogen) atoms. The molecule has 0 nitrogen and oxygen atoms in total. The summed E-state index contributed by atoms with van der Waals surface area (Å²) in [6, 6.07) is 59.9. The van der Waals surface area contributed by atoms with E-state index in [2.05, 4.69) is 171 Å². The minimum atomic E-state index is 1.23. The molecule has 0 aliphatic rings. The number of rotatable bonds is 4. The molecule has 0 saturated heterocycles. The van der Waals surface area contributed by atoms with E-state index in [9.17, 15) is 0 Å². The van der Waals surface area contributed by atoms with Crippen molar-refractivity contribution < 1.29 is 0 Å². The molecule has 0 fully saturated rings. The van der Waals surface area contributed by atoms with E-state index < -0.39 is 0 Å². The Kier molecular flexibility index (Phi) is 6.12. The Morgan fingerprint density at radius 1 is 0.302 bits per heavy atom. The van der Waals surface area contributed by atoms with Gasteiger partial charge in [0.15, 0.2) is 0 Å². The van der Waals surface area contributed by atoms with Crippen LogP contribution in [0.1, 0.15) is 5.56 Å². The second-order valence-electron chi connectivity index (χ2n) is 11.4. The van der Waals surface area contributed by atoms with Crippen molar-refractivity contribution in [1.29, 1.82) is 0 Å². The van der Waals surface area contributed by atoms with Crippen LogP contribution >= 0.6 is 0 Å². The van der Waals surface area contributed by atoms with Gasteiger partial charge in [0.25, 0.3) is 0 Å². The summed E-state index contributed by atoms with van der Waals surface area (Å²) in [6.07, 6.45) is 0. The standard InChI is InChI=1S/C43H30/c1-29-23-24-38-40(25-29)43(41-28-34-18-9-8-17-33(34)27-39(41)31-15-6-3-7-16-31)37-22-11-10-21-36(37)42(38)35-20-12-19-32(26-35)30-13-4-2-5-14-30/h2-28H,1H3. The van der Waals surface area contributed by atoms with Crippen LogP contribution in [0.15, 0.2) is 164 Å². The van der Waals surface area contributed by atoms with Crippen molar-refractivity contribution in [3.63, 3.8) is 0 Å². The van der Waals surface area contributed by atoms with E-state index in [0.29, 0.717) is 0 Å². The van der Waals surface area contributed by atoms with Gasteiger partial charge in [0.1, 0.15) is 0 Å². The third kappa shape index (κ3) is 4.40. The molecule has 0 amide bonds. The highest BCUT2D eigenvalue weighted by atomic mass is 14.2. The number of fused-ring (bicyclic) bond motifs is 3. The van der Waals surface area contributed by atoms with Gasteiger partial charge in [0, 0.05) is 0 Å². The van der Waals surface area contributed by atoms with Crippen molar-refractivity contribution in [3.05, 3.63) is 169 Å². The molecule has 0 aromatic heterocycles. The van der Waals surface area contributed by atoms with E-state index in [0.717, 1.165) is 0 Å². The molecule has 0 aliphatic heterocycles. The van der Waals surface area contributed by atoms with Crippen LogP contribution in [0.3, 0.4) is 0 Å². The van der Waals surface area contributed by atoms with Gasteiger partial charge in [-0.15, -0.1) is 0 Å². The highest BCUT2D eigenvalue weighted by molar-refractivity contribution is 6.23. The molecule has 0 atom stereocenters. The fourth-order valence-corrected chi connectivity index (χ4v) is 6.68. The van der Waals surface area contributed by atoms with Gasteiger partial charge in [-0.25, -0.2) is 0 Å². The molecule has 0 spiro atoms. The van der Waals surface area contributed by atoms with Gasteiger partial charge in [-0.1, -0.05) is 151 Å². The normalized spacial score (nSPS) is 11.4. The molecule has 0 heterocycles. The molecule has 0 heteroatoms. The summed E-state index contributed by atoms with van der Waals surface area (Å²) < 4.78 is 0. The Labute approximate surface area is 252 Å². The Hall–Kier alpha value is -5.46. The van der Waals surface area contributed by atoms with Crippen molar-refractivity contribution in [2.75, 3.05) is 0 Å². The van der Waals surface area contributed by atoms with Crippen molar-refractivity contribution in [2.45, 2.75) is 6.92 Å². The predicted octanol–water partition coefficient (Wildman–Crippen LogP) is 12.1. The topological polar surface area (TPSA) is 0 Å². The minimum Gasteiger partial charge on any atom is -0.0622 e. The van der Waals surface area contributed by atoms with E-state index in [1.165, 1.54) is 82.4 Å². The molecule has 0 N–H and O–H groups in total. The first-order valence-electron chi connectivity index (χ1n) is 14.9. The molecule has 0 saturated carbocycles. The Morgan fingerprint density at radius 3 is 1.56 bits per heavy atom. The summed E-state index contributed by atoms with van der Waals surface area (Å²) in [7, 11) is 0. The maximum Gasteiger partial charge on any atom is -0.00198 e. The zero-order valence-corrected chi connectivity index (χ0v) is 24.1. The lowest BCUT2D eigenvalue weighted by Gasteiger charge is -2.21. The van der Waals surface area contributed by atoms with Gasteiger partial charge in [0.2, 0.25) is 0 Å². The highest BCUT2D eigenvalue weighted by Crippen LogP contribution is 2.47. The fourth-order valence-electron chi connectivity index (χ4n) is 6.68. The average molecular weight is 547 g/mol. The van der Waals surface area contributed by atoms with Crippen LogP contribution in [0.4, 0.5) is 0 Å². The van der Waals surface area contributed by atoms with Gasteiger partial charge in [0.05, 0.1) is 0 Å². The van der Waals surface area contributed by atoms with Crippen molar-refractivity contribution in [2.24, 2.45) is 0 Å². The van der Waals surface area contributed by atoms with Crippen molar-refractivity contribution in [1.82, 2.24) is 0 Å². The summed E-state index contributed by atoms with van der Waals surface area (Å²) in [5.41, 5.74) is 11.3. The van der Waals surface area contributed by atoms with Crippen LogP contribution in [0.25, 0.3) is 76.8 Å². The quantitative estimate of drug-likeness (QED) is 0.193. The third-order valence-electron chi connectivity index (χ3n) is 8.68. The second-order valence-corrected chi connectivity index (χ2v) is 11.4. The summed E-state index contributed by atoms with van der Waals surface area (Å²) in [5.74, 6) is 0. The maximum absolute atomic E-state index is 2.40. The molecule has 8 aromatic carbocycles. The lowest BCUT2D eigenvalue weighted by molar-refractivity contribution is 1.51. The van der Waals surface area contributed by atoms with Crippen LogP contribution in [0, 0.1) is 6.92 Å². The van der Waals surface area contributed by atoms with Gasteiger partial charge in [-0.3, -0.25) is 0 Å². The van der Waals surface area contributed by atoms with Gasteiger partial charge < -0.3 is 0 Å². The first kappa shape index (κ1) is 25.3. The Bertz CT molecular complexity index is 2270. The van der Waals surface area contributed by atoms with Crippen molar-refractivity contribution in [3.8, 4) is 44.5 Å². The molecular formula is C43H30. The number of aryl methyl sites for hydroxylation is 1. The average Bonchev–Trinajstić information content (AvgIpc) is 3.07. The van der Waals surface area contributed by atoms with E-state index in [4.69, 9.17) is 0 Å². The second kappa shape index (κ2) is 10.4. The van der Waals surface area contributed by atoms with E-state index in [-0.39, 0.29) is 0 Å². The van der Waals surface area contributed by atoms with Gasteiger partial charge >= 0.3 is 0 Å². The van der Waals surface area contributed by atoms with Crippen LogP contribution < -0.4 is 0 Å². The predicted molar refractivity (Wildman–Crippen MR) is 185 cm³/mol. The van der Waals surface area contributed by atoms with Crippen LogP contribution in [0.2, 0.25) is 0 Å². The van der Waals surface area contributed by atoms with E-state index in [1.54, 1.807) is 0 Å². The lowest BCUT2D eigenvalue weighted by atomic mass is 9.82. The Morgan fingerprint density at radius 2 is 0.837 bits per heavy atom. The summed E-state index contributed by atoms with van der Waals surface area (Å²) >= 11 is 0. The van der Waals surface area contributed by atoms with E-state index >= 15 is 0 Å². The lowest BCUT2D eigenvalue weighted by Crippen LogP contribution is -1.94. The first-order valence-corrected chi connectivity index (χ1v) is 14.9. The minimum absolute atomic E-state index is 1.23. The summed E-state index contributed by atoms with van der Waals surface area (Å²) in [4.78, 5) is 0. The molecule has 0 aliphatic carbocycles. The van der Waals surface area contributed by atoms with E-state index in [1.807, 2.05) is 0 Å².